The first-order valence-electron chi connectivity index (χ1n) is 8.03. The molecule has 8 nitrogen and oxygen atoms in total. The quantitative estimate of drug-likeness (QED) is 0.700. The van der Waals surface area contributed by atoms with Crippen LogP contribution in [0.5, 0.6) is 5.75 Å². The number of phenolic OH excluding ortho intramolecular Hbond substituents is 1. The Balaban J connectivity index is 1.73. The van der Waals surface area contributed by atoms with Crippen LogP contribution in [-0.2, 0) is 16.0 Å². The van der Waals surface area contributed by atoms with Gasteiger partial charge in [0, 0.05) is 17.4 Å². The lowest BCUT2D eigenvalue weighted by Gasteiger charge is -2.17. The van der Waals surface area contributed by atoms with Gasteiger partial charge in [0.05, 0.1) is 23.7 Å². The number of aromatic nitrogens is 2. The Morgan fingerprint density at radius 1 is 1.25 bits per heavy atom. The number of imidazole rings is 1. The summed E-state index contributed by atoms with van der Waals surface area (Å²) in [5, 5.41) is 18.9. The van der Waals surface area contributed by atoms with Gasteiger partial charge in [-0.25, -0.2) is 13.6 Å². The van der Waals surface area contributed by atoms with Gasteiger partial charge in [-0.1, -0.05) is 0 Å². The van der Waals surface area contributed by atoms with Crippen molar-refractivity contribution in [2.75, 3.05) is 10.8 Å². The van der Waals surface area contributed by atoms with Gasteiger partial charge in [-0.2, -0.15) is 5.26 Å². The summed E-state index contributed by atoms with van der Waals surface area (Å²) in [5.74, 6) is -1.81. The predicted octanol–water partition coefficient (Wildman–Crippen LogP) is 1.77. The fourth-order valence-corrected chi connectivity index (χ4v) is 3.78. The molecule has 3 aromatic rings. The van der Waals surface area contributed by atoms with E-state index in [1.54, 1.807) is 35.0 Å². The van der Waals surface area contributed by atoms with Gasteiger partial charge < -0.3 is 9.67 Å². The number of amides is 1. The second-order valence-corrected chi connectivity index (χ2v) is 7.07. The molecule has 2 aromatic carbocycles. The molecule has 1 fully saturated rings. The molecule has 28 heavy (non-hydrogen) atoms. The molecule has 0 aliphatic carbocycles. The van der Waals surface area contributed by atoms with Gasteiger partial charge in [-0.05, 0) is 36.4 Å². The van der Waals surface area contributed by atoms with E-state index in [9.17, 15) is 14.1 Å². The molecule has 0 spiro atoms. The van der Waals surface area contributed by atoms with Crippen LogP contribution >= 0.6 is 0 Å². The van der Waals surface area contributed by atoms with E-state index in [1.807, 2.05) is 6.07 Å². The maximum absolute atomic E-state index is 15.1. The number of hydrogen-bond donors (Lipinski definition) is 2. The molecule has 4 rings (SSSR count). The smallest absolute Gasteiger partial charge is 0.253 e. The number of halogens is 1. The first kappa shape index (κ1) is 17.7. The van der Waals surface area contributed by atoms with Crippen LogP contribution in [0.25, 0.3) is 16.9 Å². The van der Waals surface area contributed by atoms with Crippen LogP contribution in [0, 0.1) is 17.1 Å². The molecule has 0 radical (unpaired) electrons. The van der Waals surface area contributed by atoms with Crippen molar-refractivity contribution in [2.24, 2.45) is 0 Å². The third kappa shape index (κ3) is 2.97. The molecule has 1 unspecified atom stereocenters. The highest BCUT2D eigenvalue weighted by molar-refractivity contribution is 7.85. The van der Waals surface area contributed by atoms with Gasteiger partial charge in [0.15, 0.2) is 5.82 Å². The van der Waals surface area contributed by atoms with Crippen LogP contribution in [0.2, 0.25) is 0 Å². The lowest BCUT2D eigenvalue weighted by molar-refractivity contribution is -0.117. The molecule has 1 aliphatic heterocycles. The number of carbonyl (C=O) groups excluding carboxylic acids is 1. The Morgan fingerprint density at radius 2 is 2.00 bits per heavy atom. The van der Waals surface area contributed by atoms with Crippen LogP contribution in [0.1, 0.15) is 5.56 Å². The third-order valence-corrected chi connectivity index (χ3v) is 5.30. The number of rotatable bonds is 3. The summed E-state index contributed by atoms with van der Waals surface area (Å²) >= 11 is -1.97. The predicted molar refractivity (Wildman–Crippen MR) is 99.0 cm³/mol. The molecule has 140 valence electrons. The monoisotopic (exact) mass is 397 g/mol. The summed E-state index contributed by atoms with van der Waals surface area (Å²) < 4.78 is 31.8. The standard InChI is InChI=1S/C18H12FN5O3S/c19-17-13(5-6-15(25)18(17)24-9-16(26)22-28(24)27)14-8-23(10-21-14)12-3-1-11(7-20)2-4-12/h1-6,8,10,25H,9H2,(H,22,26). The number of benzene rings is 2. The number of nitrogens with one attached hydrogen (secondary N) is 1. The zero-order valence-corrected chi connectivity index (χ0v) is 15.0. The number of nitriles is 1. The SMILES string of the molecule is N#Cc1ccc(-n2cnc(-c3ccc(O)c(N4CC(=O)NS4=O)c3F)c2)cc1. The minimum Gasteiger partial charge on any atom is -0.506 e. The summed E-state index contributed by atoms with van der Waals surface area (Å²) in [7, 11) is 0. The summed E-state index contributed by atoms with van der Waals surface area (Å²) in [6, 6.07) is 11.4. The molecular formula is C18H12FN5O3S. The van der Waals surface area contributed by atoms with Crippen LogP contribution in [0.3, 0.4) is 0 Å². The van der Waals surface area contributed by atoms with Crippen LogP contribution in [0.4, 0.5) is 10.1 Å². The lowest BCUT2D eigenvalue weighted by Crippen LogP contribution is -2.23. The zero-order valence-electron chi connectivity index (χ0n) is 14.2. The van der Waals surface area contributed by atoms with Crippen molar-refractivity contribution in [1.82, 2.24) is 14.3 Å². The molecule has 2 heterocycles. The number of aromatic hydroxyl groups is 1. The van der Waals surface area contributed by atoms with E-state index in [0.717, 1.165) is 9.99 Å². The highest BCUT2D eigenvalue weighted by atomic mass is 32.2. The average molecular weight is 397 g/mol. The normalized spacial score (nSPS) is 16.1. The minimum atomic E-state index is -1.97. The molecule has 1 saturated heterocycles. The molecule has 0 saturated carbocycles. The van der Waals surface area contributed by atoms with E-state index in [1.165, 1.54) is 18.5 Å². The maximum atomic E-state index is 15.1. The molecule has 1 atom stereocenters. The number of phenols is 1. The third-order valence-electron chi connectivity index (χ3n) is 4.19. The highest BCUT2D eigenvalue weighted by Gasteiger charge is 2.32. The van der Waals surface area contributed by atoms with Crippen molar-refractivity contribution in [3.8, 4) is 28.8 Å². The van der Waals surface area contributed by atoms with E-state index in [2.05, 4.69) is 9.71 Å². The van der Waals surface area contributed by atoms with Crippen molar-refractivity contribution in [3.63, 3.8) is 0 Å². The second kappa shape index (κ2) is 6.79. The molecule has 0 bridgehead atoms. The maximum Gasteiger partial charge on any atom is 0.253 e. The lowest BCUT2D eigenvalue weighted by atomic mass is 10.1. The topological polar surface area (TPSA) is 111 Å². The van der Waals surface area contributed by atoms with Gasteiger partial charge in [-0.3, -0.25) is 13.8 Å². The summed E-state index contributed by atoms with van der Waals surface area (Å²) in [5.41, 5.74) is 1.28. The zero-order chi connectivity index (χ0) is 19.8. The molecule has 1 amide bonds. The number of anilines is 1. The second-order valence-electron chi connectivity index (χ2n) is 5.93. The fraction of sp³-hybridized carbons (Fsp3) is 0.0556. The van der Waals surface area contributed by atoms with E-state index >= 15 is 4.39 Å². The Labute approximate surface area is 161 Å². The first-order valence-corrected chi connectivity index (χ1v) is 9.14. The molecular weight excluding hydrogens is 385 g/mol. The van der Waals surface area contributed by atoms with Gasteiger partial charge >= 0.3 is 0 Å². The summed E-state index contributed by atoms with van der Waals surface area (Å²) in [6.45, 7) is -0.333. The average Bonchev–Trinajstić information content (AvgIpc) is 3.29. The first-order chi connectivity index (χ1) is 13.5. The van der Waals surface area contributed by atoms with E-state index in [0.29, 0.717) is 5.56 Å². The largest absolute Gasteiger partial charge is 0.506 e. The summed E-state index contributed by atoms with van der Waals surface area (Å²) in [4.78, 5) is 15.6. The number of carbonyl (C=O) groups is 1. The van der Waals surface area contributed by atoms with Gasteiger partial charge in [0.1, 0.15) is 18.0 Å². The van der Waals surface area contributed by atoms with Crippen molar-refractivity contribution in [2.45, 2.75) is 0 Å². The fourth-order valence-electron chi connectivity index (χ4n) is 2.84. The molecule has 1 aromatic heterocycles. The van der Waals surface area contributed by atoms with Crippen molar-refractivity contribution < 1.29 is 18.5 Å². The Hall–Kier alpha value is -3.71. The van der Waals surface area contributed by atoms with Crippen molar-refractivity contribution in [3.05, 3.63) is 60.3 Å². The highest BCUT2D eigenvalue weighted by Crippen LogP contribution is 2.37. The van der Waals surface area contributed by atoms with Gasteiger partial charge in [-0.15, -0.1) is 0 Å². The summed E-state index contributed by atoms with van der Waals surface area (Å²) in [6.07, 6.45) is 3.08. The Bertz CT molecular complexity index is 1150. The van der Waals surface area contributed by atoms with Gasteiger partial charge in [0.2, 0.25) is 11.2 Å². The molecule has 2 N–H and O–H groups in total. The molecule has 1 aliphatic rings. The minimum absolute atomic E-state index is 0.0801. The van der Waals surface area contributed by atoms with E-state index in [-0.39, 0.29) is 23.5 Å². The van der Waals surface area contributed by atoms with E-state index < -0.39 is 28.6 Å². The van der Waals surface area contributed by atoms with Crippen molar-refractivity contribution in [1.29, 1.82) is 5.26 Å². The van der Waals surface area contributed by atoms with Crippen molar-refractivity contribution >= 4 is 22.8 Å². The molecule has 10 heteroatoms. The number of hydrogen-bond acceptors (Lipinski definition) is 5. The van der Waals surface area contributed by atoms with E-state index in [4.69, 9.17) is 5.26 Å². The van der Waals surface area contributed by atoms with Crippen LogP contribution in [0.15, 0.2) is 48.9 Å². The Kier molecular flexibility index (Phi) is 4.29. The Morgan fingerprint density at radius 3 is 2.64 bits per heavy atom. The van der Waals surface area contributed by atoms with Crippen LogP contribution in [-0.4, -0.2) is 31.3 Å². The number of nitrogens with zero attached hydrogens (tertiary/aromatic N) is 4. The van der Waals surface area contributed by atoms with Gasteiger partial charge in [0.25, 0.3) is 5.91 Å². The van der Waals surface area contributed by atoms with Crippen LogP contribution < -0.4 is 9.03 Å².